The van der Waals surface area contributed by atoms with Crippen molar-refractivity contribution in [2.45, 2.75) is 18.9 Å². The fraction of sp³-hybridized carbons (Fsp3) is 0.714. The predicted octanol–water partition coefficient (Wildman–Crippen LogP) is -0.715. The van der Waals surface area contributed by atoms with Crippen LogP contribution in [0, 0.1) is 0 Å². The monoisotopic (exact) mass is 172 g/mol. The molecular formula is C7H12N2O3. The quantitative estimate of drug-likeness (QED) is 0.559. The van der Waals surface area contributed by atoms with Crippen LogP contribution >= 0.6 is 0 Å². The van der Waals surface area contributed by atoms with Crippen LogP contribution in [0.2, 0.25) is 0 Å². The highest BCUT2D eigenvalue weighted by molar-refractivity contribution is 5.90. The summed E-state index contributed by atoms with van der Waals surface area (Å²) in [5.41, 5.74) is 0. The molecule has 0 saturated carbocycles. The van der Waals surface area contributed by atoms with Crippen molar-refractivity contribution < 1.29 is 14.4 Å². The number of hydrogen-bond donors (Lipinski definition) is 1. The average Bonchev–Trinajstić information content (AvgIpc) is 2.49. The van der Waals surface area contributed by atoms with Crippen LogP contribution in [0.25, 0.3) is 0 Å². The van der Waals surface area contributed by atoms with E-state index < -0.39 is 6.04 Å². The minimum atomic E-state index is -0.401. The van der Waals surface area contributed by atoms with Crippen molar-refractivity contribution in [1.82, 2.24) is 10.4 Å². The summed E-state index contributed by atoms with van der Waals surface area (Å²) >= 11 is 0. The van der Waals surface area contributed by atoms with Crippen LogP contribution in [-0.4, -0.2) is 37.1 Å². The van der Waals surface area contributed by atoms with E-state index in [0.29, 0.717) is 12.8 Å². The van der Waals surface area contributed by atoms with Gasteiger partial charge in [-0.05, 0) is 6.42 Å². The highest BCUT2D eigenvalue weighted by Gasteiger charge is 2.29. The first kappa shape index (κ1) is 8.99. The van der Waals surface area contributed by atoms with Crippen LogP contribution in [0.5, 0.6) is 0 Å². The third-order valence-electron chi connectivity index (χ3n) is 1.88. The number of hydroxylamine groups is 2. The Bertz CT molecular complexity index is 205. The van der Waals surface area contributed by atoms with Gasteiger partial charge < -0.3 is 5.32 Å². The zero-order chi connectivity index (χ0) is 9.14. The van der Waals surface area contributed by atoms with E-state index in [2.05, 4.69) is 5.32 Å². The van der Waals surface area contributed by atoms with E-state index in [0.717, 1.165) is 5.06 Å². The van der Waals surface area contributed by atoms with Crippen molar-refractivity contribution in [3.8, 4) is 0 Å². The standard InChI is InChI=1S/C7H12N2O3/c1-9(12-2)7(11)5-3-4-6(10)8-5/h5H,3-4H2,1-2H3,(H,8,10)/t5-/m1/s1. The highest BCUT2D eigenvalue weighted by atomic mass is 16.7. The zero-order valence-electron chi connectivity index (χ0n) is 7.16. The second kappa shape index (κ2) is 3.53. The molecule has 1 fully saturated rings. The van der Waals surface area contributed by atoms with Crippen LogP contribution in [0.1, 0.15) is 12.8 Å². The smallest absolute Gasteiger partial charge is 0.268 e. The molecule has 5 nitrogen and oxygen atoms in total. The number of rotatable bonds is 2. The van der Waals surface area contributed by atoms with Crippen LogP contribution < -0.4 is 5.32 Å². The second-order valence-corrected chi connectivity index (χ2v) is 2.68. The van der Waals surface area contributed by atoms with Crippen molar-refractivity contribution in [2.24, 2.45) is 0 Å². The maximum absolute atomic E-state index is 11.3. The molecule has 1 aliphatic rings. The zero-order valence-corrected chi connectivity index (χ0v) is 7.16. The first-order chi connectivity index (χ1) is 5.65. The Labute approximate surface area is 70.6 Å². The molecule has 1 rings (SSSR count). The predicted molar refractivity (Wildman–Crippen MR) is 40.9 cm³/mol. The molecule has 0 aromatic heterocycles. The first-order valence-corrected chi connectivity index (χ1v) is 3.76. The van der Waals surface area contributed by atoms with E-state index in [1.54, 1.807) is 0 Å². The van der Waals surface area contributed by atoms with E-state index in [9.17, 15) is 9.59 Å². The van der Waals surface area contributed by atoms with E-state index >= 15 is 0 Å². The number of hydrogen-bond acceptors (Lipinski definition) is 3. The van der Waals surface area contributed by atoms with E-state index in [-0.39, 0.29) is 11.8 Å². The third kappa shape index (κ3) is 1.73. The Kier molecular flexibility index (Phi) is 2.65. The lowest BCUT2D eigenvalue weighted by atomic mass is 10.2. The number of nitrogens with one attached hydrogen (secondary N) is 1. The molecule has 2 amide bonds. The normalized spacial score (nSPS) is 22.2. The fourth-order valence-corrected chi connectivity index (χ4v) is 1.11. The molecule has 0 unspecified atom stereocenters. The lowest BCUT2D eigenvalue weighted by Crippen LogP contribution is -2.42. The van der Waals surface area contributed by atoms with Gasteiger partial charge in [-0.15, -0.1) is 0 Å². The molecule has 1 N–H and O–H groups in total. The maximum Gasteiger partial charge on any atom is 0.268 e. The third-order valence-corrected chi connectivity index (χ3v) is 1.88. The number of nitrogens with zero attached hydrogens (tertiary/aromatic N) is 1. The molecule has 0 radical (unpaired) electrons. The molecule has 1 saturated heterocycles. The van der Waals surface area contributed by atoms with Crippen LogP contribution in [0.3, 0.4) is 0 Å². The molecule has 0 aromatic rings. The Morgan fingerprint density at radius 2 is 2.42 bits per heavy atom. The van der Waals surface area contributed by atoms with Crippen molar-refractivity contribution in [3.05, 3.63) is 0 Å². The van der Waals surface area contributed by atoms with Gasteiger partial charge in [0, 0.05) is 13.5 Å². The summed E-state index contributed by atoms with van der Waals surface area (Å²) in [7, 11) is 2.93. The molecule has 1 aliphatic heterocycles. The van der Waals surface area contributed by atoms with Gasteiger partial charge in [-0.3, -0.25) is 14.4 Å². The number of likely N-dealkylation sites (N-methyl/N-ethyl adjacent to an activating group) is 1. The van der Waals surface area contributed by atoms with Crippen LogP contribution in [0.15, 0.2) is 0 Å². The fourth-order valence-electron chi connectivity index (χ4n) is 1.11. The van der Waals surface area contributed by atoms with Crippen molar-refractivity contribution >= 4 is 11.8 Å². The minimum absolute atomic E-state index is 0.0714. The second-order valence-electron chi connectivity index (χ2n) is 2.68. The molecule has 0 aliphatic carbocycles. The van der Waals surface area contributed by atoms with E-state index in [4.69, 9.17) is 4.84 Å². The molecular weight excluding hydrogens is 160 g/mol. The lowest BCUT2D eigenvalue weighted by molar-refractivity contribution is -0.170. The summed E-state index contributed by atoms with van der Waals surface area (Å²) in [6.07, 6.45) is 0.985. The first-order valence-electron chi connectivity index (χ1n) is 3.76. The summed E-state index contributed by atoms with van der Waals surface area (Å²) in [6.45, 7) is 0. The van der Waals surface area contributed by atoms with Gasteiger partial charge in [0.05, 0.1) is 7.11 Å². The summed E-state index contributed by atoms with van der Waals surface area (Å²) < 4.78 is 0. The van der Waals surface area contributed by atoms with Crippen molar-refractivity contribution in [1.29, 1.82) is 0 Å². The van der Waals surface area contributed by atoms with Gasteiger partial charge in [0.2, 0.25) is 5.91 Å². The average molecular weight is 172 g/mol. The number of carbonyl (C=O) groups excluding carboxylic acids is 2. The maximum atomic E-state index is 11.3. The topological polar surface area (TPSA) is 58.6 Å². The molecule has 68 valence electrons. The van der Waals surface area contributed by atoms with Gasteiger partial charge in [0.15, 0.2) is 0 Å². The molecule has 0 aromatic carbocycles. The van der Waals surface area contributed by atoms with E-state index in [1.165, 1.54) is 14.2 Å². The van der Waals surface area contributed by atoms with Gasteiger partial charge in [-0.2, -0.15) is 0 Å². The van der Waals surface area contributed by atoms with Gasteiger partial charge >= 0.3 is 0 Å². The Balaban J connectivity index is 2.48. The number of carbonyl (C=O) groups is 2. The molecule has 0 spiro atoms. The van der Waals surface area contributed by atoms with Gasteiger partial charge in [0.1, 0.15) is 6.04 Å². The van der Waals surface area contributed by atoms with Crippen LogP contribution in [-0.2, 0) is 14.4 Å². The molecule has 5 heteroatoms. The van der Waals surface area contributed by atoms with Crippen LogP contribution in [0.4, 0.5) is 0 Å². The largest absolute Gasteiger partial charge is 0.344 e. The van der Waals surface area contributed by atoms with Gasteiger partial charge in [0.25, 0.3) is 5.91 Å². The summed E-state index contributed by atoms with van der Waals surface area (Å²) in [5.74, 6) is -0.277. The SMILES string of the molecule is CON(C)C(=O)[C@H]1CCC(=O)N1. The highest BCUT2D eigenvalue weighted by Crippen LogP contribution is 2.08. The minimum Gasteiger partial charge on any atom is -0.344 e. The molecule has 0 bridgehead atoms. The Morgan fingerprint density at radius 1 is 1.75 bits per heavy atom. The van der Waals surface area contributed by atoms with Gasteiger partial charge in [-0.1, -0.05) is 0 Å². The van der Waals surface area contributed by atoms with E-state index in [1.807, 2.05) is 0 Å². The molecule has 1 heterocycles. The lowest BCUT2D eigenvalue weighted by Gasteiger charge is -2.17. The number of amides is 2. The summed E-state index contributed by atoms with van der Waals surface area (Å²) in [4.78, 5) is 26.7. The van der Waals surface area contributed by atoms with Crippen molar-refractivity contribution in [3.63, 3.8) is 0 Å². The van der Waals surface area contributed by atoms with Crippen molar-refractivity contribution in [2.75, 3.05) is 14.2 Å². The molecule has 1 atom stereocenters. The molecule has 12 heavy (non-hydrogen) atoms. The summed E-state index contributed by atoms with van der Waals surface area (Å²) in [5, 5.41) is 3.68. The van der Waals surface area contributed by atoms with Gasteiger partial charge in [-0.25, -0.2) is 5.06 Å². The Hall–Kier alpha value is -1.10. The summed E-state index contributed by atoms with van der Waals surface area (Å²) in [6, 6.07) is -0.401. The Morgan fingerprint density at radius 3 is 2.83 bits per heavy atom.